The Morgan fingerprint density at radius 1 is 1.29 bits per heavy atom. The van der Waals surface area contributed by atoms with Crippen molar-refractivity contribution in [3.63, 3.8) is 0 Å². The largest absolute Gasteiger partial charge is 0.355 e. The molecule has 24 heavy (non-hydrogen) atoms. The molecule has 1 amide bonds. The van der Waals surface area contributed by atoms with Gasteiger partial charge in [0.15, 0.2) is 17.4 Å². The van der Waals surface area contributed by atoms with Gasteiger partial charge in [0.25, 0.3) is 5.91 Å². The van der Waals surface area contributed by atoms with Gasteiger partial charge in [-0.15, -0.1) is 11.3 Å². The van der Waals surface area contributed by atoms with Gasteiger partial charge in [0.2, 0.25) is 5.78 Å². The monoisotopic (exact) mass is 338 g/mol. The van der Waals surface area contributed by atoms with Crippen molar-refractivity contribution in [2.45, 2.75) is 0 Å². The summed E-state index contributed by atoms with van der Waals surface area (Å²) in [6.07, 6.45) is 1.49. The summed E-state index contributed by atoms with van der Waals surface area (Å²) in [5.74, 6) is -2.35. The highest BCUT2D eigenvalue weighted by Crippen LogP contribution is 2.26. The van der Waals surface area contributed by atoms with E-state index in [9.17, 15) is 14.9 Å². The zero-order chi connectivity index (χ0) is 16.9. The highest BCUT2D eigenvalue weighted by atomic mass is 32.1. The van der Waals surface area contributed by atoms with Crippen LogP contribution < -0.4 is 5.32 Å². The lowest BCUT2D eigenvalue weighted by Crippen LogP contribution is -2.29. The van der Waals surface area contributed by atoms with Crippen molar-refractivity contribution in [1.82, 2.24) is 10.1 Å². The van der Waals surface area contributed by atoms with E-state index >= 15 is 0 Å². The summed E-state index contributed by atoms with van der Waals surface area (Å²) in [6.45, 7) is 0. The zero-order valence-electron chi connectivity index (χ0n) is 12.2. The molecule has 0 aromatic carbocycles. The number of nitriles is 1. The number of hydrogen-bond acceptors (Lipinski definition) is 7. The van der Waals surface area contributed by atoms with Crippen LogP contribution in [0.5, 0.6) is 0 Å². The molecule has 118 valence electrons. The Balaban J connectivity index is 1.77. The number of carbonyl (C=O) groups excluding carboxylic acids is 2. The van der Waals surface area contributed by atoms with E-state index in [-0.39, 0.29) is 11.5 Å². The molecule has 0 aliphatic carbocycles. The smallest absolute Gasteiger partial charge is 0.250 e. The molecule has 0 aliphatic heterocycles. The molecule has 1 atom stereocenters. The van der Waals surface area contributed by atoms with Gasteiger partial charge >= 0.3 is 0 Å². The molecule has 0 bridgehead atoms. The molecule has 0 radical (unpaired) electrons. The zero-order valence-corrected chi connectivity index (χ0v) is 13.0. The molecule has 0 saturated heterocycles. The van der Waals surface area contributed by atoms with Crippen LogP contribution in [0.2, 0.25) is 0 Å². The van der Waals surface area contributed by atoms with E-state index in [2.05, 4.69) is 15.5 Å². The fourth-order valence-corrected chi connectivity index (χ4v) is 2.62. The first-order chi connectivity index (χ1) is 11.7. The number of rotatable bonds is 5. The van der Waals surface area contributed by atoms with Crippen molar-refractivity contribution in [1.29, 1.82) is 5.26 Å². The van der Waals surface area contributed by atoms with Crippen LogP contribution in [0, 0.1) is 17.2 Å². The third-order valence-electron chi connectivity index (χ3n) is 3.10. The Morgan fingerprint density at radius 3 is 2.83 bits per heavy atom. The molecule has 3 aromatic heterocycles. The van der Waals surface area contributed by atoms with E-state index in [0.29, 0.717) is 5.76 Å². The van der Waals surface area contributed by atoms with Gasteiger partial charge in [-0.1, -0.05) is 17.3 Å². The number of carbonyl (C=O) groups is 2. The number of nitrogens with one attached hydrogen (secondary N) is 1. The minimum absolute atomic E-state index is 0.0684. The Morgan fingerprint density at radius 2 is 2.17 bits per heavy atom. The molecule has 3 aromatic rings. The molecule has 0 spiro atoms. The maximum atomic E-state index is 12.4. The molecular weight excluding hydrogens is 328 g/mol. The summed E-state index contributed by atoms with van der Waals surface area (Å²) in [7, 11) is 0. The van der Waals surface area contributed by atoms with Crippen LogP contribution in [0.4, 0.5) is 5.82 Å². The molecule has 7 nitrogen and oxygen atoms in total. The van der Waals surface area contributed by atoms with Crippen molar-refractivity contribution in [2.24, 2.45) is 5.92 Å². The average molecular weight is 338 g/mol. The van der Waals surface area contributed by atoms with E-state index in [4.69, 9.17) is 4.52 Å². The van der Waals surface area contributed by atoms with Crippen molar-refractivity contribution in [3.05, 3.63) is 53.7 Å². The normalized spacial score (nSPS) is 11.5. The number of pyridine rings is 1. The Kier molecular flexibility index (Phi) is 4.45. The van der Waals surface area contributed by atoms with E-state index in [0.717, 1.165) is 4.88 Å². The molecule has 3 heterocycles. The van der Waals surface area contributed by atoms with E-state index in [1.54, 1.807) is 24.3 Å². The van der Waals surface area contributed by atoms with Gasteiger partial charge in [-0.25, -0.2) is 4.98 Å². The van der Waals surface area contributed by atoms with Gasteiger partial charge in [-0.2, -0.15) is 5.26 Å². The summed E-state index contributed by atoms with van der Waals surface area (Å²) in [5, 5.41) is 17.1. The molecule has 0 saturated carbocycles. The number of anilines is 1. The predicted octanol–water partition coefficient (Wildman–Crippen LogP) is 2.76. The number of amides is 1. The van der Waals surface area contributed by atoms with Crippen molar-refractivity contribution < 1.29 is 14.1 Å². The topological polar surface area (TPSA) is 109 Å². The first-order valence-corrected chi connectivity index (χ1v) is 7.73. The third kappa shape index (κ3) is 3.21. The van der Waals surface area contributed by atoms with Crippen LogP contribution in [0.15, 0.2) is 52.5 Å². The quantitative estimate of drug-likeness (QED) is 0.566. The van der Waals surface area contributed by atoms with E-state index < -0.39 is 17.6 Å². The summed E-state index contributed by atoms with van der Waals surface area (Å²) < 4.78 is 5.11. The number of hydrogen-bond donors (Lipinski definition) is 1. The lowest BCUT2D eigenvalue weighted by atomic mass is 10.0. The van der Waals surface area contributed by atoms with E-state index in [1.165, 1.54) is 23.6 Å². The van der Waals surface area contributed by atoms with Crippen molar-refractivity contribution in [2.75, 3.05) is 5.32 Å². The van der Waals surface area contributed by atoms with E-state index in [1.807, 2.05) is 17.5 Å². The second-order valence-corrected chi connectivity index (χ2v) is 5.63. The van der Waals surface area contributed by atoms with Gasteiger partial charge in [0.05, 0.1) is 10.9 Å². The number of aromatic nitrogens is 2. The first kappa shape index (κ1) is 15.6. The van der Waals surface area contributed by atoms with Crippen LogP contribution in [-0.2, 0) is 4.79 Å². The number of thiophene rings is 1. The Hall–Kier alpha value is -3.31. The standard InChI is InChI=1S/C16H10N4O3S/c17-9-10(16(22)19-14-5-1-2-6-18-14)15(21)11-8-12(23-20-11)13-4-3-7-24-13/h1-8,10H,(H,18,19,22)/t10-/m0/s1. The van der Waals surface area contributed by atoms with Crippen LogP contribution in [0.1, 0.15) is 10.5 Å². The number of nitrogens with zero attached hydrogens (tertiary/aromatic N) is 3. The first-order valence-electron chi connectivity index (χ1n) is 6.85. The van der Waals surface area contributed by atoms with Gasteiger partial charge in [-0.05, 0) is 23.6 Å². The minimum atomic E-state index is -1.53. The predicted molar refractivity (Wildman–Crippen MR) is 86.1 cm³/mol. The summed E-state index contributed by atoms with van der Waals surface area (Å²) in [6, 6.07) is 11.7. The second-order valence-electron chi connectivity index (χ2n) is 4.68. The van der Waals surface area contributed by atoms with Crippen LogP contribution in [0.25, 0.3) is 10.6 Å². The molecule has 0 unspecified atom stereocenters. The maximum Gasteiger partial charge on any atom is 0.250 e. The van der Waals surface area contributed by atoms with Gasteiger partial charge in [0.1, 0.15) is 5.82 Å². The third-order valence-corrected chi connectivity index (χ3v) is 3.98. The fourth-order valence-electron chi connectivity index (χ4n) is 1.95. The fraction of sp³-hybridized carbons (Fsp3) is 0.0625. The van der Waals surface area contributed by atoms with Gasteiger partial charge in [-0.3, -0.25) is 9.59 Å². The van der Waals surface area contributed by atoms with Gasteiger partial charge in [0, 0.05) is 12.3 Å². The Labute approximate surface area is 140 Å². The summed E-state index contributed by atoms with van der Waals surface area (Å²) in [5.41, 5.74) is -0.0684. The molecule has 8 heteroatoms. The number of Topliss-reactive ketones (excluding diaryl/α,β-unsaturated/α-hetero) is 1. The van der Waals surface area contributed by atoms with Crippen molar-refractivity contribution in [3.8, 4) is 16.7 Å². The molecule has 3 rings (SSSR count). The SMILES string of the molecule is N#C[C@H](C(=O)Nc1ccccn1)C(=O)c1cc(-c2cccs2)on1. The number of ketones is 1. The highest BCUT2D eigenvalue weighted by Gasteiger charge is 2.30. The molecular formula is C16H10N4O3S. The second kappa shape index (κ2) is 6.85. The average Bonchev–Trinajstić information content (AvgIpc) is 3.28. The lowest BCUT2D eigenvalue weighted by molar-refractivity contribution is -0.117. The summed E-state index contributed by atoms with van der Waals surface area (Å²) in [4.78, 5) is 29.2. The maximum absolute atomic E-state index is 12.4. The minimum Gasteiger partial charge on any atom is -0.355 e. The van der Waals surface area contributed by atoms with Crippen LogP contribution >= 0.6 is 11.3 Å². The van der Waals surface area contributed by atoms with Crippen LogP contribution in [-0.4, -0.2) is 21.8 Å². The molecule has 1 N–H and O–H groups in total. The summed E-state index contributed by atoms with van der Waals surface area (Å²) >= 11 is 1.43. The Bertz CT molecular complexity index is 897. The highest BCUT2D eigenvalue weighted by molar-refractivity contribution is 7.13. The van der Waals surface area contributed by atoms with Crippen LogP contribution in [0.3, 0.4) is 0 Å². The molecule has 0 aliphatic rings. The van der Waals surface area contributed by atoms with Crippen molar-refractivity contribution >= 4 is 28.8 Å². The molecule has 0 fully saturated rings. The van der Waals surface area contributed by atoms with Gasteiger partial charge < -0.3 is 9.84 Å². The lowest BCUT2D eigenvalue weighted by Gasteiger charge is -2.07.